The molecule has 1 rings (SSSR count). The standard InChI is InChI=1S/C9H18F2N2/c1-7(12-3)8(2)13-5-4-9(10,11)6-13/h7-8,12H,4-6H2,1-3H3. The summed E-state index contributed by atoms with van der Waals surface area (Å²) < 4.78 is 25.7. The molecule has 0 amide bonds. The van der Waals surface area contributed by atoms with Gasteiger partial charge in [-0.1, -0.05) is 0 Å². The lowest BCUT2D eigenvalue weighted by Crippen LogP contribution is -2.45. The molecule has 0 aliphatic carbocycles. The second kappa shape index (κ2) is 3.88. The average molecular weight is 192 g/mol. The predicted molar refractivity (Wildman–Crippen MR) is 49.1 cm³/mol. The van der Waals surface area contributed by atoms with Gasteiger partial charge >= 0.3 is 0 Å². The molecule has 2 nitrogen and oxygen atoms in total. The quantitative estimate of drug-likeness (QED) is 0.725. The smallest absolute Gasteiger partial charge is 0.261 e. The Balaban J connectivity index is 2.46. The summed E-state index contributed by atoms with van der Waals surface area (Å²) >= 11 is 0. The molecular formula is C9H18F2N2. The lowest BCUT2D eigenvalue weighted by atomic mass is 10.1. The number of nitrogens with one attached hydrogen (secondary N) is 1. The SMILES string of the molecule is CNC(C)C(C)N1CCC(F)(F)C1. The van der Waals surface area contributed by atoms with Crippen LogP contribution in [0.2, 0.25) is 0 Å². The van der Waals surface area contributed by atoms with Crippen LogP contribution >= 0.6 is 0 Å². The van der Waals surface area contributed by atoms with Gasteiger partial charge in [-0.3, -0.25) is 4.90 Å². The molecule has 1 heterocycles. The number of rotatable bonds is 3. The Morgan fingerprint density at radius 2 is 2.00 bits per heavy atom. The maximum atomic E-state index is 12.9. The van der Waals surface area contributed by atoms with Crippen LogP contribution in [-0.4, -0.2) is 43.0 Å². The second-order valence-electron chi connectivity index (χ2n) is 3.89. The van der Waals surface area contributed by atoms with Gasteiger partial charge in [-0.2, -0.15) is 0 Å². The molecule has 0 aromatic heterocycles. The zero-order chi connectivity index (χ0) is 10.1. The molecule has 0 radical (unpaired) electrons. The van der Waals surface area contributed by atoms with E-state index >= 15 is 0 Å². The first-order valence-electron chi connectivity index (χ1n) is 4.75. The first-order valence-corrected chi connectivity index (χ1v) is 4.75. The van der Waals surface area contributed by atoms with Crippen molar-refractivity contribution in [3.8, 4) is 0 Å². The summed E-state index contributed by atoms with van der Waals surface area (Å²) in [4.78, 5) is 1.85. The Labute approximate surface area is 78.3 Å². The molecule has 4 heteroatoms. The Morgan fingerprint density at radius 1 is 1.38 bits per heavy atom. The van der Waals surface area contributed by atoms with Crippen LogP contribution in [0.5, 0.6) is 0 Å². The van der Waals surface area contributed by atoms with Crippen LogP contribution < -0.4 is 5.32 Å². The van der Waals surface area contributed by atoms with Crippen molar-refractivity contribution in [2.24, 2.45) is 0 Å². The average Bonchev–Trinajstić information content (AvgIpc) is 2.43. The Bertz CT molecular complexity index is 173. The molecule has 1 fully saturated rings. The number of alkyl halides is 2. The highest BCUT2D eigenvalue weighted by atomic mass is 19.3. The zero-order valence-corrected chi connectivity index (χ0v) is 8.48. The van der Waals surface area contributed by atoms with E-state index < -0.39 is 5.92 Å². The fraction of sp³-hybridized carbons (Fsp3) is 1.00. The highest BCUT2D eigenvalue weighted by Gasteiger charge is 2.40. The summed E-state index contributed by atoms with van der Waals surface area (Å²) in [6.45, 7) is 4.43. The summed E-state index contributed by atoms with van der Waals surface area (Å²) in [5.41, 5.74) is 0. The number of halogens is 2. The van der Waals surface area contributed by atoms with E-state index in [9.17, 15) is 8.78 Å². The third-order valence-corrected chi connectivity index (χ3v) is 2.95. The van der Waals surface area contributed by atoms with Crippen LogP contribution in [0.3, 0.4) is 0 Å². The van der Waals surface area contributed by atoms with E-state index in [1.165, 1.54) is 0 Å². The maximum Gasteiger partial charge on any atom is 0.261 e. The number of hydrogen-bond donors (Lipinski definition) is 1. The van der Waals surface area contributed by atoms with E-state index in [0.717, 1.165) is 0 Å². The number of likely N-dealkylation sites (tertiary alicyclic amines) is 1. The molecule has 13 heavy (non-hydrogen) atoms. The third kappa shape index (κ3) is 2.61. The maximum absolute atomic E-state index is 12.9. The summed E-state index contributed by atoms with van der Waals surface area (Å²) in [5.74, 6) is -2.47. The molecule has 1 N–H and O–H groups in total. The van der Waals surface area contributed by atoms with Gasteiger partial charge in [0.2, 0.25) is 0 Å². The Kier molecular flexibility index (Phi) is 3.24. The summed E-state index contributed by atoms with van der Waals surface area (Å²) in [6, 6.07) is 0.437. The highest BCUT2D eigenvalue weighted by Crippen LogP contribution is 2.28. The summed E-state index contributed by atoms with van der Waals surface area (Å²) in [6.07, 6.45) is 0.00771. The minimum absolute atomic E-state index is 0.00771. The van der Waals surface area contributed by atoms with Crippen LogP contribution in [0.25, 0.3) is 0 Å². The van der Waals surface area contributed by atoms with Gasteiger partial charge in [0.05, 0.1) is 6.54 Å². The molecular weight excluding hydrogens is 174 g/mol. The van der Waals surface area contributed by atoms with Crippen molar-refractivity contribution in [2.45, 2.75) is 38.3 Å². The van der Waals surface area contributed by atoms with Gasteiger partial charge in [0, 0.05) is 25.0 Å². The first-order chi connectivity index (χ1) is 5.96. The molecule has 0 aromatic rings. The topological polar surface area (TPSA) is 15.3 Å². The van der Waals surface area contributed by atoms with Crippen LogP contribution in [0, 0.1) is 0 Å². The molecule has 2 atom stereocenters. The van der Waals surface area contributed by atoms with Gasteiger partial charge < -0.3 is 5.32 Å². The second-order valence-corrected chi connectivity index (χ2v) is 3.89. The number of hydrogen-bond acceptors (Lipinski definition) is 2. The molecule has 1 saturated heterocycles. The molecule has 0 spiro atoms. The predicted octanol–water partition coefficient (Wildman–Crippen LogP) is 1.32. The van der Waals surface area contributed by atoms with E-state index in [1.807, 2.05) is 25.8 Å². The normalized spacial score (nSPS) is 27.5. The van der Waals surface area contributed by atoms with Crippen LogP contribution in [-0.2, 0) is 0 Å². The monoisotopic (exact) mass is 192 g/mol. The van der Waals surface area contributed by atoms with Crippen LogP contribution in [0.15, 0.2) is 0 Å². The fourth-order valence-electron chi connectivity index (χ4n) is 1.67. The van der Waals surface area contributed by atoms with E-state index in [0.29, 0.717) is 6.54 Å². The van der Waals surface area contributed by atoms with Gasteiger partial charge in [-0.25, -0.2) is 8.78 Å². The molecule has 1 aliphatic heterocycles. The van der Waals surface area contributed by atoms with Gasteiger partial charge in [0.15, 0.2) is 0 Å². The van der Waals surface area contributed by atoms with E-state index in [2.05, 4.69) is 5.32 Å². The summed E-state index contributed by atoms with van der Waals surface area (Å²) in [7, 11) is 1.86. The van der Waals surface area contributed by atoms with Crippen molar-refractivity contribution >= 4 is 0 Å². The fourth-order valence-corrected chi connectivity index (χ4v) is 1.67. The molecule has 0 saturated carbocycles. The minimum atomic E-state index is -2.47. The molecule has 0 bridgehead atoms. The lowest BCUT2D eigenvalue weighted by molar-refractivity contribution is 0.00701. The highest BCUT2D eigenvalue weighted by molar-refractivity contribution is 4.87. The van der Waals surface area contributed by atoms with Crippen molar-refractivity contribution in [1.29, 1.82) is 0 Å². The van der Waals surface area contributed by atoms with Gasteiger partial charge in [-0.15, -0.1) is 0 Å². The minimum Gasteiger partial charge on any atom is -0.316 e. The Hall–Kier alpha value is -0.220. The Morgan fingerprint density at radius 3 is 2.38 bits per heavy atom. The molecule has 78 valence electrons. The van der Waals surface area contributed by atoms with E-state index in [4.69, 9.17) is 0 Å². The van der Waals surface area contributed by atoms with Crippen molar-refractivity contribution in [1.82, 2.24) is 10.2 Å². The van der Waals surface area contributed by atoms with Gasteiger partial charge in [0.1, 0.15) is 0 Å². The van der Waals surface area contributed by atoms with Crippen molar-refractivity contribution in [3.63, 3.8) is 0 Å². The van der Waals surface area contributed by atoms with Crippen molar-refractivity contribution in [2.75, 3.05) is 20.1 Å². The van der Waals surface area contributed by atoms with Crippen LogP contribution in [0.4, 0.5) is 8.78 Å². The third-order valence-electron chi connectivity index (χ3n) is 2.95. The number of likely N-dealkylation sites (N-methyl/N-ethyl adjacent to an activating group) is 1. The summed E-state index contributed by atoms with van der Waals surface area (Å²) in [5, 5.41) is 3.08. The van der Waals surface area contributed by atoms with Crippen molar-refractivity contribution in [3.05, 3.63) is 0 Å². The van der Waals surface area contributed by atoms with Gasteiger partial charge in [0.25, 0.3) is 5.92 Å². The molecule has 2 unspecified atom stereocenters. The largest absolute Gasteiger partial charge is 0.316 e. The van der Waals surface area contributed by atoms with E-state index in [-0.39, 0.29) is 25.0 Å². The van der Waals surface area contributed by atoms with Crippen LogP contribution in [0.1, 0.15) is 20.3 Å². The van der Waals surface area contributed by atoms with Gasteiger partial charge in [-0.05, 0) is 20.9 Å². The number of nitrogens with zero attached hydrogens (tertiary/aromatic N) is 1. The molecule has 1 aliphatic rings. The molecule has 0 aromatic carbocycles. The lowest BCUT2D eigenvalue weighted by Gasteiger charge is -2.28. The van der Waals surface area contributed by atoms with Crippen molar-refractivity contribution < 1.29 is 8.78 Å². The van der Waals surface area contributed by atoms with E-state index in [1.54, 1.807) is 0 Å². The first kappa shape index (κ1) is 10.9. The zero-order valence-electron chi connectivity index (χ0n) is 8.48.